The fourth-order valence-electron chi connectivity index (χ4n) is 2.24. The number of nitro benzene ring substituents is 1. The third-order valence-corrected chi connectivity index (χ3v) is 3.62. The van der Waals surface area contributed by atoms with Gasteiger partial charge in [-0.2, -0.15) is 0 Å². The quantitative estimate of drug-likeness (QED) is 0.450. The Bertz CT molecular complexity index is 867. The summed E-state index contributed by atoms with van der Waals surface area (Å²) in [6.45, 7) is 1.36. The first-order valence-electron chi connectivity index (χ1n) is 7.84. The fraction of sp³-hybridized carbons (Fsp3) is 0.222. The minimum absolute atomic E-state index is 0.228. The van der Waals surface area contributed by atoms with Gasteiger partial charge in [-0.15, -0.1) is 0 Å². The molecule has 0 aromatic heterocycles. The summed E-state index contributed by atoms with van der Waals surface area (Å²) >= 11 is 0. The van der Waals surface area contributed by atoms with Crippen LogP contribution in [0.5, 0.6) is 11.5 Å². The SMILES string of the molecule is COc1ccc(NC(=O)C(C)OC(=O)c2ccccc2[N+](=O)[O-])cc1OC. The number of hydrogen-bond acceptors (Lipinski definition) is 7. The van der Waals surface area contributed by atoms with Gasteiger partial charge in [-0.3, -0.25) is 14.9 Å². The summed E-state index contributed by atoms with van der Waals surface area (Å²) in [5, 5.41) is 13.6. The van der Waals surface area contributed by atoms with Crippen LogP contribution in [0, 0.1) is 10.1 Å². The molecular weight excluding hydrogens is 356 g/mol. The number of nitro groups is 1. The van der Waals surface area contributed by atoms with Gasteiger partial charge in [0.05, 0.1) is 19.1 Å². The van der Waals surface area contributed by atoms with E-state index in [1.165, 1.54) is 45.4 Å². The lowest BCUT2D eigenvalue weighted by molar-refractivity contribution is -0.385. The summed E-state index contributed by atoms with van der Waals surface area (Å²) in [7, 11) is 2.95. The molecule has 1 atom stereocenters. The minimum Gasteiger partial charge on any atom is -0.493 e. The molecule has 0 saturated heterocycles. The highest BCUT2D eigenvalue weighted by atomic mass is 16.6. The summed E-state index contributed by atoms with van der Waals surface area (Å²) in [6.07, 6.45) is -1.18. The number of esters is 1. The number of benzene rings is 2. The van der Waals surface area contributed by atoms with Crippen molar-refractivity contribution in [2.24, 2.45) is 0 Å². The second-order valence-corrected chi connectivity index (χ2v) is 5.38. The zero-order valence-corrected chi connectivity index (χ0v) is 14.9. The van der Waals surface area contributed by atoms with Gasteiger partial charge in [0.25, 0.3) is 11.6 Å². The topological polar surface area (TPSA) is 117 Å². The number of methoxy groups -OCH3 is 2. The monoisotopic (exact) mass is 374 g/mol. The van der Waals surface area contributed by atoms with Crippen LogP contribution in [-0.4, -0.2) is 37.1 Å². The molecule has 2 aromatic rings. The van der Waals surface area contributed by atoms with E-state index >= 15 is 0 Å². The maximum absolute atomic E-state index is 12.3. The zero-order valence-electron chi connectivity index (χ0n) is 14.9. The highest BCUT2D eigenvalue weighted by molar-refractivity contribution is 5.99. The molecule has 2 rings (SSSR count). The lowest BCUT2D eigenvalue weighted by Crippen LogP contribution is -2.30. The summed E-state index contributed by atoms with van der Waals surface area (Å²) in [6, 6.07) is 10.1. The van der Waals surface area contributed by atoms with E-state index in [1.807, 2.05) is 0 Å². The number of para-hydroxylation sites is 1. The molecule has 0 fully saturated rings. The molecule has 142 valence electrons. The first-order chi connectivity index (χ1) is 12.9. The molecule has 0 aliphatic carbocycles. The minimum atomic E-state index is -1.18. The lowest BCUT2D eigenvalue weighted by Gasteiger charge is -2.15. The van der Waals surface area contributed by atoms with Crippen LogP contribution in [0.4, 0.5) is 11.4 Å². The van der Waals surface area contributed by atoms with Crippen LogP contribution in [0.3, 0.4) is 0 Å². The maximum Gasteiger partial charge on any atom is 0.345 e. The van der Waals surface area contributed by atoms with Gasteiger partial charge < -0.3 is 19.5 Å². The van der Waals surface area contributed by atoms with Crippen molar-refractivity contribution in [3.8, 4) is 11.5 Å². The van der Waals surface area contributed by atoms with Crippen LogP contribution in [0.2, 0.25) is 0 Å². The van der Waals surface area contributed by atoms with Crippen molar-refractivity contribution in [1.82, 2.24) is 0 Å². The normalized spacial score (nSPS) is 11.2. The molecule has 0 saturated carbocycles. The van der Waals surface area contributed by atoms with Gasteiger partial charge in [-0.25, -0.2) is 4.79 Å². The van der Waals surface area contributed by atoms with Gasteiger partial charge in [-0.05, 0) is 25.1 Å². The van der Waals surface area contributed by atoms with Gasteiger partial charge in [0.1, 0.15) is 5.56 Å². The number of carbonyl (C=O) groups is 2. The molecule has 0 aliphatic heterocycles. The van der Waals surface area contributed by atoms with E-state index in [0.29, 0.717) is 17.2 Å². The number of rotatable bonds is 7. The average molecular weight is 374 g/mol. The van der Waals surface area contributed by atoms with Crippen LogP contribution in [-0.2, 0) is 9.53 Å². The van der Waals surface area contributed by atoms with E-state index < -0.39 is 28.6 Å². The first kappa shape index (κ1) is 19.7. The summed E-state index contributed by atoms with van der Waals surface area (Å²) in [5.41, 5.74) is -0.213. The Labute approximate surface area is 155 Å². The summed E-state index contributed by atoms with van der Waals surface area (Å²) in [5.74, 6) is -0.655. The van der Waals surface area contributed by atoms with Crippen LogP contribution >= 0.6 is 0 Å². The van der Waals surface area contributed by atoms with Gasteiger partial charge in [0.2, 0.25) is 0 Å². The predicted molar refractivity (Wildman–Crippen MR) is 96.1 cm³/mol. The van der Waals surface area contributed by atoms with Crippen molar-refractivity contribution in [1.29, 1.82) is 0 Å². The molecular formula is C18H18N2O7. The van der Waals surface area contributed by atoms with Crippen LogP contribution in [0.25, 0.3) is 0 Å². The number of carbonyl (C=O) groups excluding carboxylic acids is 2. The Morgan fingerprint density at radius 3 is 2.37 bits per heavy atom. The molecule has 1 amide bonds. The smallest absolute Gasteiger partial charge is 0.345 e. The molecule has 0 heterocycles. The maximum atomic E-state index is 12.3. The standard InChI is InChI=1S/C18H18N2O7/c1-11(27-18(22)13-6-4-5-7-14(13)20(23)24)17(21)19-12-8-9-15(25-2)16(10-12)26-3/h4-11H,1-3H3,(H,19,21). The molecule has 1 unspecified atom stereocenters. The molecule has 9 nitrogen and oxygen atoms in total. The Balaban J connectivity index is 2.08. The largest absolute Gasteiger partial charge is 0.493 e. The van der Waals surface area contributed by atoms with Gasteiger partial charge in [0, 0.05) is 17.8 Å². The third kappa shape index (κ3) is 4.72. The zero-order chi connectivity index (χ0) is 20.0. The van der Waals surface area contributed by atoms with Crippen LogP contribution in [0.1, 0.15) is 17.3 Å². The molecule has 0 spiro atoms. The second kappa shape index (κ2) is 8.65. The first-order valence-corrected chi connectivity index (χ1v) is 7.84. The highest BCUT2D eigenvalue weighted by Gasteiger charge is 2.25. The molecule has 27 heavy (non-hydrogen) atoms. The number of anilines is 1. The molecule has 1 N–H and O–H groups in total. The van der Waals surface area contributed by atoms with Gasteiger partial charge >= 0.3 is 5.97 Å². The molecule has 2 aromatic carbocycles. The summed E-state index contributed by atoms with van der Waals surface area (Å²) in [4.78, 5) is 34.7. The van der Waals surface area contributed by atoms with Crippen molar-refractivity contribution in [2.75, 3.05) is 19.5 Å². The van der Waals surface area contributed by atoms with E-state index in [-0.39, 0.29) is 5.56 Å². The van der Waals surface area contributed by atoms with E-state index in [4.69, 9.17) is 14.2 Å². The highest BCUT2D eigenvalue weighted by Crippen LogP contribution is 2.29. The van der Waals surface area contributed by atoms with Crippen molar-refractivity contribution in [2.45, 2.75) is 13.0 Å². The van der Waals surface area contributed by atoms with Crippen molar-refractivity contribution in [3.63, 3.8) is 0 Å². The van der Waals surface area contributed by atoms with Gasteiger partial charge in [-0.1, -0.05) is 12.1 Å². The van der Waals surface area contributed by atoms with Crippen LogP contribution < -0.4 is 14.8 Å². The molecule has 0 bridgehead atoms. The fourth-order valence-corrected chi connectivity index (χ4v) is 2.24. The third-order valence-electron chi connectivity index (χ3n) is 3.62. The van der Waals surface area contributed by atoms with Gasteiger partial charge in [0.15, 0.2) is 17.6 Å². The van der Waals surface area contributed by atoms with E-state index in [2.05, 4.69) is 5.32 Å². The van der Waals surface area contributed by atoms with E-state index in [9.17, 15) is 19.7 Å². The average Bonchev–Trinajstić information content (AvgIpc) is 2.67. The number of nitrogens with one attached hydrogen (secondary N) is 1. The number of nitrogens with zero attached hydrogens (tertiary/aromatic N) is 1. The van der Waals surface area contributed by atoms with Crippen molar-refractivity contribution >= 4 is 23.3 Å². The predicted octanol–water partition coefficient (Wildman–Crippen LogP) is 2.80. The number of amides is 1. The lowest BCUT2D eigenvalue weighted by atomic mass is 10.2. The Morgan fingerprint density at radius 2 is 1.74 bits per heavy atom. The second-order valence-electron chi connectivity index (χ2n) is 5.38. The van der Waals surface area contributed by atoms with Crippen molar-refractivity contribution < 1.29 is 28.7 Å². The Hall–Kier alpha value is -3.62. The molecule has 0 radical (unpaired) electrons. The molecule has 0 aliphatic rings. The van der Waals surface area contributed by atoms with Crippen molar-refractivity contribution in [3.05, 3.63) is 58.1 Å². The summed E-state index contributed by atoms with van der Waals surface area (Å²) < 4.78 is 15.3. The van der Waals surface area contributed by atoms with E-state index in [1.54, 1.807) is 18.2 Å². The Morgan fingerprint density at radius 1 is 1.07 bits per heavy atom. The number of hydrogen-bond donors (Lipinski definition) is 1. The van der Waals surface area contributed by atoms with E-state index in [0.717, 1.165) is 0 Å². The van der Waals surface area contributed by atoms with Crippen LogP contribution in [0.15, 0.2) is 42.5 Å². The Kier molecular flexibility index (Phi) is 6.32. The molecule has 9 heteroatoms. The number of ether oxygens (including phenoxy) is 3.